The molecule has 1 aliphatic heterocycles. The zero-order chi connectivity index (χ0) is 14.4. The average molecular weight is 280 g/mol. The number of aliphatic hydroxyl groups excluding tert-OH is 1. The molecule has 5 nitrogen and oxygen atoms in total. The number of halogens is 1. The third-order valence-corrected chi connectivity index (χ3v) is 4.51. The Hall–Kier alpha value is -1.82. The molecular weight excluding hydrogens is 263 g/mol. The van der Waals surface area contributed by atoms with E-state index in [-0.39, 0.29) is 29.0 Å². The lowest BCUT2D eigenvalue weighted by Gasteiger charge is -2.22. The first-order chi connectivity index (χ1) is 9.47. The molecule has 3 unspecified atom stereocenters. The molecule has 1 aliphatic carbocycles. The number of anilines is 2. The average Bonchev–Trinajstić information content (AvgIpc) is 2.92. The van der Waals surface area contributed by atoms with E-state index in [1.807, 2.05) is 4.90 Å². The van der Waals surface area contributed by atoms with E-state index in [1.54, 1.807) is 0 Å². The second-order valence-corrected chi connectivity index (χ2v) is 5.67. The van der Waals surface area contributed by atoms with Crippen LogP contribution in [0.15, 0.2) is 12.1 Å². The minimum Gasteiger partial charge on any atom is -0.478 e. The summed E-state index contributed by atoms with van der Waals surface area (Å²) in [6, 6.07) is 2.35. The smallest absolute Gasteiger partial charge is 0.337 e. The minimum absolute atomic E-state index is 0.0711. The Morgan fingerprint density at radius 1 is 1.35 bits per heavy atom. The van der Waals surface area contributed by atoms with E-state index in [4.69, 9.17) is 10.8 Å². The molecule has 1 saturated carbocycles. The van der Waals surface area contributed by atoms with Crippen LogP contribution in [0.5, 0.6) is 0 Å². The van der Waals surface area contributed by atoms with Crippen LogP contribution in [-0.2, 0) is 0 Å². The number of nitrogen functional groups attached to an aromatic ring is 1. The number of aromatic carboxylic acids is 1. The van der Waals surface area contributed by atoms with Gasteiger partial charge in [0, 0.05) is 24.7 Å². The van der Waals surface area contributed by atoms with Gasteiger partial charge in [-0.05, 0) is 30.9 Å². The maximum absolute atomic E-state index is 14.0. The molecular formula is C14H17FN2O3. The molecule has 1 heterocycles. The first-order valence-corrected chi connectivity index (χ1v) is 6.72. The standard InChI is InChI=1S/C14H17FN2O3/c15-10-4-11(16)8(14(19)20)3-12(10)17-5-7-1-2-13(18)9(7)6-17/h3-4,7,9,13,18H,1-2,5-6,16H2,(H,19,20). The maximum atomic E-state index is 14.0. The van der Waals surface area contributed by atoms with Gasteiger partial charge in [-0.1, -0.05) is 0 Å². The van der Waals surface area contributed by atoms with Crippen molar-refractivity contribution >= 4 is 17.3 Å². The summed E-state index contributed by atoms with van der Waals surface area (Å²) in [4.78, 5) is 12.9. The van der Waals surface area contributed by atoms with Crippen LogP contribution in [0.4, 0.5) is 15.8 Å². The lowest BCUT2D eigenvalue weighted by Crippen LogP contribution is -2.25. The number of hydrogen-bond donors (Lipinski definition) is 3. The summed E-state index contributed by atoms with van der Waals surface area (Å²) in [5, 5.41) is 19.0. The minimum atomic E-state index is -1.16. The molecule has 0 spiro atoms. The molecule has 0 radical (unpaired) electrons. The van der Waals surface area contributed by atoms with Crippen LogP contribution >= 0.6 is 0 Å². The molecule has 108 valence electrons. The molecule has 2 aliphatic rings. The molecule has 0 bridgehead atoms. The van der Waals surface area contributed by atoms with Crippen LogP contribution in [0.3, 0.4) is 0 Å². The number of nitrogens with zero attached hydrogens (tertiary/aromatic N) is 1. The highest BCUT2D eigenvalue weighted by Crippen LogP contribution is 2.41. The number of aliphatic hydroxyl groups is 1. The summed E-state index contributed by atoms with van der Waals surface area (Å²) in [6.45, 7) is 1.22. The number of hydrogen-bond acceptors (Lipinski definition) is 4. The topological polar surface area (TPSA) is 86.8 Å². The van der Waals surface area contributed by atoms with E-state index in [9.17, 15) is 14.3 Å². The molecule has 3 rings (SSSR count). The molecule has 4 N–H and O–H groups in total. The van der Waals surface area contributed by atoms with Crippen LogP contribution in [-0.4, -0.2) is 35.4 Å². The summed E-state index contributed by atoms with van der Waals surface area (Å²) in [5.41, 5.74) is 5.63. The quantitative estimate of drug-likeness (QED) is 0.711. The Balaban J connectivity index is 1.91. The molecule has 20 heavy (non-hydrogen) atoms. The van der Waals surface area contributed by atoms with Gasteiger partial charge in [0.25, 0.3) is 0 Å². The van der Waals surface area contributed by atoms with E-state index in [1.165, 1.54) is 6.07 Å². The molecule has 1 aromatic carbocycles. The van der Waals surface area contributed by atoms with Gasteiger partial charge in [0.1, 0.15) is 5.82 Å². The van der Waals surface area contributed by atoms with Gasteiger partial charge in [-0.15, -0.1) is 0 Å². The van der Waals surface area contributed by atoms with Gasteiger partial charge in [-0.2, -0.15) is 0 Å². The molecule has 0 aromatic heterocycles. The lowest BCUT2D eigenvalue weighted by atomic mass is 10.00. The number of carboxylic acids is 1. The first kappa shape index (κ1) is 13.2. The van der Waals surface area contributed by atoms with Crippen molar-refractivity contribution in [3.05, 3.63) is 23.5 Å². The van der Waals surface area contributed by atoms with E-state index in [0.717, 1.165) is 18.9 Å². The van der Waals surface area contributed by atoms with Crippen molar-refractivity contribution in [2.45, 2.75) is 18.9 Å². The van der Waals surface area contributed by atoms with Crippen molar-refractivity contribution in [1.82, 2.24) is 0 Å². The summed E-state index contributed by atoms with van der Waals surface area (Å²) < 4.78 is 14.0. The molecule has 6 heteroatoms. The fourth-order valence-corrected chi connectivity index (χ4v) is 3.44. The highest BCUT2D eigenvalue weighted by molar-refractivity contribution is 5.95. The SMILES string of the molecule is Nc1cc(F)c(N2CC3CCC(O)C3C2)cc1C(=O)O. The van der Waals surface area contributed by atoms with Crippen LogP contribution in [0.1, 0.15) is 23.2 Å². The van der Waals surface area contributed by atoms with Crippen molar-refractivity contribution in [1.29, 1.82) is 0 Å². The fourth-order valence-electron chi connectivity index (χ4n) is 3.44. The highest BCUT2D eigenvalue weighted by Gasteiger charge is 2.42. The monoisotopic (exact) mass is 280 g/mol. The number of benzene rings is 1. The Morgan fingerprint density at radius 2 is 2.10 bits per heavy atom. The predicted octanol–water partition coefficient (Wildman–Crippen LogP) is 1.31. The van der Waals surface area contributed by atoms with Gasteiger partial charge in [0.15, 0.2) is 0 Å². The Morgan fingerprint density at radius 3 is 2.75 bits per heavy atom. The molecule has 1 saturated heterocycles. The van der Waals surface area contributed by atoms with Gasteiger partial charge in [-0.25, -0.2) is 9.18 Å². The first-order valence-electron chi connectivity index (χ1n) is 6.72. The van der Waals surface area contributed by atoms with Crippen LogP contribution < -0.4 is 10.6 Å². The van der Waals surface area contributed by atoms with Gasteiger partial charge >= 0.3 is 5.97 Å². The molecule has 1 aromatic rings. The van der Waals surface area contributed by atoms with Gasteiger partial charge < -0.3 is 20.8 Å². The van der Waals surface area contributed by atoms with Crippen LogP contribution in [0.2, 0.25) is 0 Å². The molecule has 3 atom stereocenters. The van der Waals surface area contributed by atoms with Gasteiger partial charge in [0.05, 0.1) is 17.4 Å². The van der Waals surface area contributed by atoms with Crippen molar-refractivity contribution in [2.24, 2.45) is 11.8 Å². The predicted molar refractivity (Wildman–Crippen MR) is 72.2 cm³/mol. The number of carbonyl (C=O) groups is 1. The Kier molecular flexibility index (Phi) is 3.05. The summed E-state index contributed by atoms with van der Waals surface area (Å²) >= 11 is 0. The van der Waals surface area contributed by atoms with Crippen molar-refractivity contribution in [3.8, 4) is 0 Å². The summed E-state index contributed by atoms with van der Waals surface area (Å²) in [7, 11) is 0. The zero-order valence-corrected chi connectivity index (χ0v) is 10.9. The van der Waals surface area contributed by atoms with Crippen molar-refractivity contribution in [2.75, 3.05) is 23.7 Å². The third-order valence-electron chi connectivity index (χ3n) is 4.51. The van der Waals surface area contributed by atoms with Crippen molar-refractivity contribution in [3.63, 3.8) is 0 Å². The van der Waals surface area contributed by atoms with E-state index in [0.29, 0.717) is 19.0 Å². The third kappa shape index (κ3) is 2.00. The lowest BCUT2D eigenvalue weighted by molar-refractivity contribution is 0.0698. The van der Waals surface area contributed by atoms with Crippen LogP contribution in [0, 0.1) is 17.7 Å². The van der Waals surface area contributed by atoms with Crippen LogP contribution in [0.25, 0.3) is 0 Å². The highest BCUT2D eigenvalue weighted by atomic mass is 19.1. The largest absolute Gasteiger partial charge is 0.478 e. The Labute approximate surface area is 115 Å². The second kappa shape index (κ2) is 4.63. The summed E-state index contributed by atoms with van der Waals surface area (Å²) in [6.07, 6.45) is 1.40. The Bertz CT molecular complexity index is 564. The van der Waals surface area contributed by atoms with Crippen molar-refractivity contribution < 1.29 is 19.4 Å². The molecule has 0 amide bonds. The van der Waals surface area contributed by atoms with E-state index in [2.05, 4.69) is 0 Å². The maximum Gasteiger partial charge on any atom is 0.337 e. The molecule has 2 fully saturated rings. The number of carboxylic acid groups (broad SMARTS) is 1. The van der Waals surface area contributed by atoms with E-state index < -0.39 is 11.8 Å². The van der Waals surface area contributed by atoms with Gasteiger partial charge in [0.2, 0.25) is 0 Å². The number of fused-ring (bicyclic) bond motifs is 1. The zero-order valence-electron chi connectivity index (χ0n) is 10.9. The second-order valence-electron chi connectivity index (χ2n) is 5.67. The number of nitrogens with two attached hydrogens (primary N) is 1. The number of rotatable bonds is 2. The fraction of sp³-hybridized carbons (Fsp3) is 0.500. The van der Waals surface area contributed by atoms with E-state index >= 15 is 0 Å². The van der Waals surface area contributed by atoms with Gasteiger partial charge in [-0.3, -0.25) is 0 Å². The summed E-state index contributed by atoms with van der Waals surface area (Å²) in [5.74, 6) is -1.17. The normalized spacial score (nSPS) is 28.7.